The molecule has 1 unspecified atom stereocenters. The molecule has 74 valence electrons. The number of hydrogen-bond acceptors (Lipinski definition) is 2. The van der Waals surface area contributed by atoms with Crippen molar-refractivity contribution in [3.63, 3.8) is 0 Å². The van der Waals surface area contributed by atoms with E-state index in [2.05, 4.69) is 5.16 Å². The number of benzene rings is 1. The number of halogens is 1. The molecule has 1 aromatic rings. The summed E-state index contributed by atoms with van der Waals surface area (Å²) in [4.78, 5) is 5.16. The Balaban J connectivity index is 2.33. The van der Waals surface area contributed by atoms with E-state index in [1.807, 2.05) is 19.9 Å². The van der Waals surface area contributed by atoms with Gasteiger partial charge in [-0.15, -0.1) is 0 Å². The summed E-state index contributed by atoms with van der Waals surface area (Å²) in [7, 11) is 0. The van der Waals surface area contributed by atoms with E-state index in [9.17, 15) is 4.39 Å². The molecule has 1 aliphatic heterocycles. The number of oxime groups is 1. The van der Waals surface area contributed by atoms with E-state index in [1.165, 1.54) is 6.07 Å². The number of aryl methyl sites for hydroxylation is 1. The maximum Gasteiger partial charge on any atom is 0.160 e. The monoisotopic (exact) mass is 193 g/mol. The molecule has 0 saturated heterocycles. The summed E-state index contributed by atoms with van der Waals surface area (Å²) in [6.07, 6.45) is 0.443. The zero-order chi connectivity index (χ0) is 10.1. The van der Waals surface area contributed by atoms with Gasteiger partial charge in [-0.05, 0) is 25.5 Å². The highest BCUT2D eigenvalue weighted by molar-refractivity contribution is 5.83. The Labute approximate surface area is 82.4 Å². The molecule has 0 radical (unpaired) electrons. The SMILES string of the molecule is CC1=NOC(c2c(C)cccc2F)C1. The molecule has 0 spiro atoms. The Morgan fingerprint density at radius 3 is 2.79 bits per heavy atom. The predicted molar refractivity (Wildman–Crippen MR) is 52.7 cm³/mol. The smallest absolute Gasteiger partial charge is 0.160 e. The second kappa shape index (κ2) is 3.40. The summed E-state index contributed by atoms with van der Waals surface area (Å²) in [6.45, 7) is 3.77. The van der Waals surface area contributed by atoms with Gasteiger partial charge in [0.15, 0.2) is 6.10 Å². The van der Waals surface area contributed by atoms with E-state index in [0.717, 1.165) is 11.3 Å². The van der Waals surface area contributed by atoms with Gasteiger partial charge in [0.1, 0.15) is 5.82 Å². The lowest BCUT2D eigenvalue weighted by Crippen LogP contribution is -2.03. The van der Waals surface area contributed by atoms with Crippen LogP contribution in [0.3, 0.4) is 0 Å². The molecule has 0 aliphatic carbocycles. The van der Waals surface area contributed by atoms with Gasteiger partial charge >= 0.3 is 0 Å². The molecule has 1 aromatic carbocycles. The second-order valence-corrected chi connectivity index (χ2v) is 3.60. The minimum absolute atomic E-state index is 0.208. The van der Waals surface area contributed by atoms with Crippen molar-refractivity contribution in [3.8, 4) is 0 Å². The third-order valence-electron chi connectivity index (χ3n) is 2.41. The molecule has 14 heavy (non-hydrogen) atoms. The number of nitrogens with zero attached hydrogens (tertiary/aromatic N) is 1. The Bertz CT molecular complexity index is 367. The Morgan fingerprint density at radius 2 is 2.21 bits per heavy atom. The maximum absolute atomic E-state index is 13.5. The van der Waals surface area contributed by atoms with Crippen LogP contribution in [-0.2, 0) is 4.84 Å². The Kier molecular flexibility index (Phi) is 2.23. The van der Waals surface area contributed by atoms with Gasteiger partial charge in [0.05, 0.1) is 5.71 Å². The number of rotatable bonds is 1. The maximum atomic E-state index is 13.5. The van der Waals surface area contributed by atoms with Gasteiger partial charge in [0.25, 0.3) is 0 Å². The van der Waals surface area contributed by atoms with Crippen LogP contribution < -0.4 is 0 Å². The first-order valence-corrected chi connectivity index (χ1v) is 4.63. The largest absolute Gasteiger partial charge is 0.387 e. The van der Waals surface area contributed by atoms with Crippen molar-refractivity contribution >= 4 is 5.71 Å². The summed E-state index contributed by atoms with van der Waals surface area (Å²) in [5.74, 6) is -0.208. The van der Waals surface area contributed by atoms with Gasteiger partial charge in [-0.1, -0.05) is 17.3 Å². The fourth-order valence-electron chi connectivity index (χ4n) is 1.70. The van der Waals surface area contributed by atoms with Gasteiger partial charge in [-0.25, -0.2) is 4.39 Å². The van der Waals surface area contributed by atoms with Crippen LogP contribution >= 0.6 is 0 Å². The second-order valence-electron chi connectivity index (χ2n) is 3.60. The Morgan fingerprint density at radius 1 is 1.43 bits per heavy atom. The number of hydrogen-bond donors (Lipinski definition) is 0. The van der Waals surface area contributed by atoms with Gasteiger partial charge in [0.2, 0.25) is 0 Å². The van der Waals surface area contributed by atoms with Crippen LogP contribution in [0.5, 0.6) is 0 Å². The van der Waals surface area contributed by atoms with Crippen molar-refractivity contribution in [3.05, 3.63) is 35.1 Å². The van der Waals surface area contributed by atoms with E-state index in [1.54, 1.807) is 6.07 Å². The van der Waals surface area contributed by atoms with Crippen molar-refractivity contribution in [2.75, 3.05) is 0 Å². The summed E-state index contributed by atoms with van der Waals surface area (Å²) >= 11 is 0. The molecular formula is C11H12FNO. The van der Waals surface area contributed by atoms with Crippen LogP contribution in [-0.4, -0.2) is 5.71 Å². The van der Waals surface area contributed by atoms with Crippen LogP contribution in [0.15, 0.2) is 23.4 Å². The molecule has 1 atom stereocenters. The predicted octanol–water partition coefficient (Wildman–Crippen LogP) is 2.97. The quantitative estimate of drug-likeness (QED) is 0.671. The van der Waals surface area contributed by atoms with Crippen molar-refractivity contribution in [1.29, 1.82) is 0 Å². The van der Waals surface area contributed by atoms with Gasteiger partial charge in [-0.3, -0.25) is 0 Å². The van der Waals surface area contributed by atoms with E-state index in [0.29, 0.717) is 12.0 Å². The molecule has 2 nitrogen and oxygen atoms in total. The molecule has 1 aliphatic rings. The standard InChI is InChI=1S/C11H12FNO/c1-7-4-3-5-9(12)11(7)10-6-8(2)13-14-10/h3-5,10H,6H2,1-2H3. The lowest BCUT2D eigenvalue weighted by atomic mass is 9.99. The summed E-state index contributed by atoms with van der Waals surface area (Å²) in [5, 5.41) is 3.83. The normalized spacial score (nSPS) is 20.5. The molecule has 2 rings (SSSR count). The van der Waals surface area contributed by atoms with E-state index in [-0.39, 0.29) is 11.9 Å². The Hall–Kier alpha value is -1.38. The molecule has 0 saturated carbocycles. The fourth-order valence-corrected chi connectivity index (χ4v) is 1.70. The topological polar surface area (TPSA) is 21.6 Å². The molecule has 0 aromatic heterocycles. The van der Waals surface area contributed by atoms with Crippen molar-refractivity contribution in [2.24, 2.45) is 5.16 Å². The first-order valence-electron chi connectivity index (χ1n) is 4.63. The molecular weight excluding hydrogens is 181 g/mol. The van der Waals surface area contributed by atoms with Crippen LogP contribution in [0.25, 0.3) is 0 Å². The van der Waals surface area contributed by atoms with Crippen LogP contribution in [0.2, 0.25) is 0 Å². The minimum Gasteiger partial charge on any atom is -0.387 e. The van der Waals surface area contributed by atoms with E-state index >= 15 is 0 Å². The highest BCUT2D eigenvalue weighted by Gasteiger charge is 2.24. The summed E-state index contributed by atoms with van der Waals surface area (Å²) in [5.41, 5.74) is 2.46. The van der Waals surface area contributed by atoms with Crippen LogP contribution in [0.1, 0.15) is 30.6 Å². The summed E-state index contributed by atoms with van der Waals surface area (Å²) in [6, 6.07) is 5.05. The first kappa shape index (κ1) is 9.19. The van der Waals surface area contributed by atoms with Gasteiger partial charge < -0.3 is 4.84 Å². The zero-order valence-electron chi connectivity index (χ0n) is 8.25. The van der Waals surface area contributed by atoms with Crippen LogP contribution in [0, 0.1) is 12.7 Å². The zero-order valence-corrected chi connectivity index (χ0v) is 8.25. The van der Waals surface area contributed by atoms with Crippen molar-refractivity contribution in [2.45, 2.75) is 26.4 Å². The van der Waals surface area contributed by atoms with Crippen LogP contribution in [0.4, 0.5) is 4.39 Å². The highest BCUT2D eigenvalue weighted by Crippen LogP contribution is 2.31. The molecule has 0 fully saturated rings. The van der Waals surface area contributed by atoms with Gasteiger partial charge in [-0.2, -0.15) is 0 Å². The highest BCUT2D eigenvalue weighted by atomic mass is 19.1. The van der Waals surface area contributed by atoms with Gasteiger partial charge in [0, 0.05) is 12.0 Å². The lowest BCUT2D eigenvalue weighted by molar-refractivity contribution is 0.0824. The summed E-state index contributed by atoms with van der Waals surface area (Å²) < 4.78 is 13.5. The van der Waals surface area contributed by atoms with Crippen molar-refractivity contribution < 1.29 is 9.23 Å². The molecule has 0 N–H and O–H groups in total. The van der Waals surface area contributed by atoms with E-state index in [4.69, 9.17) is 4.84 Å². The molecule has 0 bridgehead atoms. The molecule has 3 heteroatoms. The van der Waals surface area contributed by atoms with Crippen molar-refractivity contribution in [1.82, 2.24) is 0 Å². The molecule has 0 amide bonds. The molecule has 1 heterocycles. The third kappa shape index (κ3) is 1.50. The average Bonchev–Trinajstić information content (AvgIpc) is 2.51. The first-order chi connectivity index (χ1) is 6.68. The lowest BCUT2D eigenvalue weighted by Gasteiger charge is -2.12. The van der Waals surface area contributed by atoms with E-state index < -0.39 is 0 Å². The average molecular weight is 193 g/mol. The third-order valence-corrected chi connectivity index (χ3v) is 2.41. The minimum atomic E-state index is -0.240. The fraction of sp³-hybridized carbons (Fsp3) is 0.364.